The van der Waals surface area contributed by atoms with Gasteiger partial charge in [-0.05, 0) is 25.0 Å². The van der Waals surface area contributed by atoms with Crippen LogP contribution in [0, 0.1) is 0 Å². The first-order valence-electron chi connectivity index (χ1n) is 6.39. The molecule has 90 valence electrons. The number of aromatic nitrogens is 2. The highest BCUT2D eigenvalue weighted by Crippen LogP contribution is 2.38. The molecular weight excluding hydrogens is 226 g/mol. The summed E-state index contributed by atoms with van der Waals surface area (Å²) in [7, 11) is 0. The molecule has 2 bridgehead atoms. The molecule has 5 rings (SSSR count). The molecule has 1 aromatic heterocycles. The summed E-state index contributed by atoms with van der Waals surface area (Å²) in [6, 6.07) is 7.47. The zero-order valence-electron chi connectivity index (χ0n) is 9.97. The highest BCUT2D eigenvalue weighted by molar-refractivity contribution is 5.81. The smallest absolute Gasteiger partial charge is 0.213 e. The summed E-state index contributed by atoms with van der Waals surface area (Å²) in [6.45, 7) is 1.96. The van der Waals surface area contributed by atoms with Crippen LogP contribution < -0.4 is 10.3 Å². The minimum atomic E-state index is 0.0926. The Morgan fingerprint density at radius 2 is 1.89 bits per heavy atom. The second-order valence-electron chi connectivity index (χ2n) is 5.04. The first kappa shape index (κ1) is 10.00. The van der Waals surface area contributed by atoms with Crippen LogP contribution in [0.1, 0.15) is 24.5 Å². The molecule has 4 heteroatoms. The Kier molecular flexibility index (Phi) is 1.95. The summed E-state index contributed by atoms with van der Waals surface area (Å²) in [4.78, 5) is 14.8. The average Bonchev–Trinajstić information content (AvgIpc) is 2.60. The molecule has 0 saturated carbocycles. The molecule has 1 aromatic carbocycles. The molecule has 1 saturated heterocycles. The van der Waals surface area contributed by atoms with Gasteiger partial charge in [-0.1, -0.05) is 12.1 Å². The van der Waals surface area contributed by atoms with Gasteiger partial charge >= 0.3 is 0 Å². The largest absolute Gasteiger partial charge is 0.367 e. The van der Waals surface area contributed by atoms with Crippen LogP contribution in [-0.4, -0.2) is 23.3 Å². The Balaban J connectivity index is 2.17. The van der Waals surface area contributed by atoms with E-state index in [0.717, 1.165) is 37.3 Å². The average molecular weight is 239 g/mol. The maximum atomic E-state index is 12.6. The molecule has 0 spiro atoms. The van der Waals surface area contributed by atoms with E-state index in [1.54, 1.807) is 0 Å². The lowest BCUT2D eigenvalue weighted by Gasteiger charge is -2.39. The fourth-order valence-corrected chi connectivity index (χ4v) is 3.11. The zero-order chi connectivity index (χ0) is 12.1. The Hall–Kier alpha value is -1.97. The third kappa shape index (κ3) is 1.23. The minimum absolute atomic E-state index is 0.0926. The number of benzene rings is 1. The van der Waals surface area contributed by atoms with Gasteiger partial charge in [-0.3, -0.25) is 4.79 Å². The number of hydrogen-bond donors (Lipinski definition) is 0. The quantitative estimate of drug-likeness (QED) is 0.702. The van der Waals surface area contributed by atoms with Gasteiger partial charge in [0.15, 0.2) is 0 Å². The standard InChI is InChI=1S/C14H13N3O/c18-14-10-3-1-2-4-11(10)15-16-12-9-5-7-17(8-6-9)13(12)14/h1-4,9H,5-8H2. The maximum absolute atomic E-state index is 12.6. The van der Waals surface area contributed by atoms with Gasteiger partial charge in [0.2, 0.25) is 5.43 Å². The summed E-state index contributed by atoms with van der Waals surface area (Å²) in [5.41, 5.74) is 2.49. The topological polar surface area (TPSA) is 46.1 Å². The van der Waals surface area contributed by atoms with Crippen molar-refractivity contribution in [2.45, 2.75) is 18.8 Å². The van der Waals surface area contributed by atoms with E-state index in [2.05, 4.69) is 15.1 Å². The molecule has 0 atom stereocenters. The summed E-state index contributed by atoms with van der Waals surface area (Å²) in [6.07, 6.45) is 2.20. The molecule has 3 aliphatic heterocycles. The van der Waals surface area contributed by atoms with Gasteiger partial charge in [0.05, 0.1) is 16.6 Å². The van der Waals surface area contributed by atoms with Gasteiger partial charge in [0.25, 0.3) is 0 Å². The van der Waals surface area contributed by atoms with Crippen LogP contribution >= 0.6 is 0 Å². The number of anilines is 1. The number of hydrogen-bond acceptors (Lipinski definition) is 4. The van der Waals surface area contributed by atoms with Gasteiger partial charge in [-0.25, -0.2) is 0 Å². The number of piperidine rings is 1. The van der Waals surface area contributed by atoms with Crippen LogP contribution in [0.5, 0.6) is 0 Å². The second kappa shape index (κ2) is 3.51. The summed E-state index contributed by atoms with van der Waals surface area (Å²) >= 11 is 0. The van der Waals surface area contributed by atoms with E-state index in [1.165, 1.54) is 0 Å². The molecule has 18 heavy (non-hydrogen) atoms. The van der Waals surface area contributed by atoms with Crippen molar-refractivity contribution < 1.29 is 0 Å². The lowest BCUT2D eigenvalue weighted by molar-refractivity contribution is 0.460. The minimum Gasteiger partial charge on any atom is -0.367 e. The molecule has 3 aliphatic rings. The summed E-state index contributed by atoms with van der Waals surface area (Å²) in [5, 5.41) is 9.30. The molecule has 2 aromatic rings. The Bertz CT molecular complexity index is 690. The van der Waals surface area contributed by atoms with Gasteiger partial charge in [-0.2, -0.15) is 10.2 Å². The van der Waals surface area contributed by atoms with Crippen molar-refractivity contribution in [3.05, 3.63) is 40.2 Å². The van der Waals surface area contributed by atoms with Crippen LogP contribution in [0.3, 0.4) is 0 Å². The van der Waals surface area contributed by atoms with Crippen LogP contribution in [0.4, 0.5) is 5.69 Å². The molecule has 0 N–H and O–H groups in total. The Morgan fingerprint density at radius 1 is 1.11 bits per heavy atom. The van der Waals surface area contributed by atoms with Gasteiger partial charge in [0.1, 0.15) is 5.69 Å². The van der Waals surface area contributed by atoms with Crippen LogP contribution in [0.2, 0.25) is 0 Å². The van der Waals surface area contributed by atoms with Gasteiger partial charge in [-0.15, -0.1) is 0 Å². The highest BCUT2D eigenvalue weighted by atomic mass is 16.1. The van der Waals surface area contributed by atoms with Crippen molar-refractivity contribution in [1.82, 2.24) is 10.2 Å². The summed E-state index contributed by atoms with van der Waals surface area (Å²) in [5.74, 6) is 0.423. The second-order valence-corrected chi connectivity index (χ2v) is 5.04. The fraction of sp³-hybridized carbons (Fsp3) is 0.357. The molecule has 0 amide bonds. The lowest BCUT2D eigenvalue weighted by Crippen LogP contribution is -2.41. The van der Waals surface area contributed by atoms with Crippen molar-refractivity contribution in [1.29, 1.82) is 0 Å². The predicted molar refractivity (Wildman–Crippen MR) is 70.0 cm³/mol. The van der Waals surface area contributed by atoms with Crippen LogP contribution in [0.25, 0.3) is 10.9 Å². The van der Waals surface area contributed by atoms with E-state index in [1.807, 2.05) is 24.3 Å². The van der Waals surface area contributed by atoms with Crippen molar-refractivity contribution >= 4 is 16.6 Å². The van der Waals surface area contributed by atoms with Gasteiger partial charge < -0.3 is 4.90 Å². The van der Waals surface area contributed by atoms with E-state index in [9.17, 15) is 4.79 Å². The maximum Gasteiger partial charge on any atom is 0.213 e. The van der Waals surface area contributed by atoms with Crippen LogP contribution in [0.15, 0.2) is 29.1 Å². The highest BCUT2D eigenvalue weighted by Gasteiger charge is 2.34. The predicted octanol–water partition coefficient (Wildman–Crippen LogP) is 1.69. The van der Waals surface area contributed by atoms with E-state index in [4.69, 9.17) is 0 Å². The van der Waals surface area contributed by atoms with E-state index < -0.39 is 0 Å². The fourth-order valence-electron chi connectivity index (χ4n) is 3.11. The zero-order valence-corrected chi connectivity index (χ0v) is 9.97. The van der Waals surface area contributed by atoms with Crippen molar-refractivity contribution in [3.8, 4) is 0 Å². The molecule has 0 radical (unpaired) electrons. The molecule has 0 unspecified atom stereocenters. The normalized spacial score (nSPS) is 18.1. The Labute approximate surface area is 104 Å². The van der Waals surface area contributed by atoms with E-state index in [0.29, 0.717) is 16.8 Å². The SMILES string of the molecule is O=c1c2c(nnc3ccccc13)C1CCN2CC1. The summed E-state index contributed by atoms with van der Waals surface area (Å²) < 4.78 is 0. The number of rotatable bonds is 0. The monoisotopic (exact) mass is 239 g/mol. The lowest BCUT2D eigenvalue weighted by atomic mass is 9.87. The molecule has 1 fully saturated rings. The van der Waals surface area contributed by atoms with Crippen molar-refractivity contribution in [2.24, 2.45) is 0 Å². The van der Waals surface area contributed by atoms with E-state index >= 15 is 0 Å². The number of fused-ring (bicyclic) bond motifs is 3. The molecular formula is C14H13N3O. The molecule has 4 nitrogen and oxygen atoms in total. The third-order valence-electron chi connectivity index (χ3n) is 4.07. The van der Waals surface area contributed by atoms with Gasteiger partial charge in [0, 0.05) is 19.0 Å². The number of nitrogens with zero attached hydrogens (tertiary/aromatic N) is 3. The first-order chi connectivity index (χ1) is 8.84. The molecule has 4 heterocycles. The molecule has 0 aliphatic carbocycles. The Morgan fingerprint density at radius 3 is 2.72 bits per heavy atom. The first-order valence-corrected chi connectivity index (χ1v) is 6.39. The van der Waals surface area contributed by atoms with E-state index in [-0.39, 0.29) is 5.43 Å². The van der Waals surface area contributed by atoms with Crippen molar-refractivity contribution in [3.63, 3.8) is 0 Å². The third-order valence-corrected chi connectivity index (χ3v) is 4.07. The van der Waals surface area contributed by atoms with Crippen LogP contribution in [-0.2, 0) is 0 Å². The van der Waals surface area contributed by atoms with Crippen molar-refractivity contribution in [2.75, 3.05) is 18.0 Å².